The van der Waals surface area contributed by atoms with E-state index in [9.17, 15) is 9.59 Å². The van der Waals surface area contributed by atoms with E-state index in [1.54, 1.807) is 25.2 Å². The number of halogens is 1. The van der Waals surface area contributed by atoms with Gasteiger partial charge in [-0.2, -0.15) is 0 Å². The first-order valence-corrected chi connectivity index (χ1v) is 11.5. The van der Waals surface area contributed by atoms with E-state index in [0.717, 1.165) is 11.1 Å². The number of hydrogen-bond acceptors (Lipinski definition) is 4. The van der Waals surface area contributed by atoms with Gasteiger partial charge in [0.2, 0.25) is 11.8 Å². The molecule has 1 atom stereocenters. The van der Waals surface area contributed by atoms with Crippen molar-refractivity contribution in [2.75, 3.05) is 14.2 Å². The van der Waals surface area contributed by atoms with Crippen LogP contribution < -0.4 is 14.8 Å². The second-order valence-electron chi connectivity index (χ2n) is 8.97. The topological polar surface area (TPSA) is 67.9 Å². The van der Waals surface area contributed by atoms with Gasteiger partial charge in [-0.15, -0.1) is 0 Å². The van der Waals surface area contributed by atoms with Crippen LogP contribution in [0, 0.1) is 0 Å². The Morgan fingerprint density at radius 1 is 1.06 bits per heavy atom. The standard InChI is InChI=1S/C26H35ClN2O4/c1-7-21(25(31)28-26(2,3)4)29(17-19-10-8-9-11-20(19)27)24(30)15-13-18-12-14-22(32-5)23(16-18)33-6/h8-12,14,16,21H,7,13,15,17H2,1-6H3,(H,28,31)/t21-/m0/s1. The summed E-state index contributed by atoms with van der Waals surface area (Å²) in [7, 11) is 3.17. The van der Waals surface area contributed by atoms with Crippen LogP contribution in [0.15, 0.2) is 42.5 Å². The van der Waals surface area contributed by atoms with Gasteiger partial charge in [-0.25, -0.2) is 0 Å². The molecule has 6 nitrogen and oxygen atoms in total. The molecule has 0 fully saturated rings. The van der Waals surface area contributed by atoms with E-state index < -0.39 is 11.6 Å². The number of carbonyl (C=O) groups is 2. The number of benzene rings is 2. The molecule has 0 aliphatic rings. The van der Waals surface area contributed by atoms with Crippen LogP contribution in [-0.4, -0.2) is 42.5 Å². The summed E-state index contributed by atoms with van der Waals surface area (Å²) in [5.41, 5.74) is 1.36. The average Bonchev–Trinajstić information content (AvgIpc) is 2.77. The van der Waals surface area contributed by atoms with E-state index in [1.165, 1.54) is 0 Å². The zero-order chi connectivity index (χ0) is 24.6. The Balaban J connectivity index is 2.27. The number of nitrogens with zero attached hydrogens (tertiary/aromatic N) is 1. The third-order valence-electron chi connectivity index (χ3n) is 5.26. The summed E-state index contributed by atoms with van der Waals surface area (Å²) in [6.45, 7) is 7.95. The van der Waals surface area contributed by atoms with Gasteiger partial charge in [0.1, 0.15) is 6.04 Å². The molecule has 0 aliphatic carbocycles. The van der Waals surface area contributed by atoms with Crippen molar-refractivity contribution in [3.63, 3.8) is 0 Å². The Labute approximate surface area is 202 Å². The summed E-state index contributed by atoms with van der Waals surface area (Å²) in [6.07, 6.45) is 1.25. The van der Waals surface area contributed by atoms with Gasteiger partial charge in [0, 0.05) is 23.5 Å². The molecule has 1 N–H and O–H groups in total. The maximum atomic E-state index is 13.4. The minimum absolute atomic E-state index is 0.111. The van der Waals surface area contributed by atoms with E-state index in [1.807, 2.05) is 64.1 Å². The van der Waals surface area contributed by atoms with Gasteiger partial charge in [-0.1, -0.05) is 42.8 Å². The lowest BCUT2D eigenvalue weighted by Crippen LogP contribution is -2.53. The molecule has 0 heterocycles. The van der Waals surface area contributed by atoms with Gasteiger partial charge >= 0.3 is 0 Å². The fourth-order valence-electron chi connectivity index (χ4n) is 3.61. The number of methoxy groups -OCH3 is 2. The Morgan fingerprint density at radius 2 is 1.73 bits per heavy atom. The fourth-order valence-corrected chi connectivity index (χ4v) is 3.81. The largest absolute Gasteiger partial charge is 0.493 e. The Morgan fingerprint density at radius 3 is 2.30 bits per heavy atom. The summed E-state index contributed by atoms with van der Waals surface area (Å²) in [5, 5.41) is 3.58. The van der Waals surface area contributed by atoms with Crippen molar-refractivity contribution >= 4 is 23.4 Å². The zero-order valence-corrected chi connectivity index (χ0v) is 21.2. The molecule has 2 aromatic rings. The van der Waals surface area contributed by atoms with Crippen molar-refractivity contribution in [2.45, 2.75) is 65.1 Å². The normalized spacial score (nSPS) is 12.1. The second kappa shape index (κ2) is 11.9. The number of hydrogen-bond donors (Lipinski definition) is 1. The van der Waals surface area contributed by atoms with Gasteiger partial charge in [-0.05, 0) is 62.9 Å². The summed E-state index contributed by atoms with van der Waals surface area (Å²) in [5.74, 6) is 0.973. The number of carbonyl (C=O) groups excluding carboxylic acids is 2. The van der Waals surface area contributed by atoms with Gasteiger partial charge in [0.05, 0.1) is 14.2 Å². The molecule has 2 rings (SSSR count). The highest BCUT2D eigenvalue weighted by atomic mass is 35.5. The summed E-state index contributed by atoms with van der Waals surface area (Å²) >= 11 is 6.38. The van der Waals surface area contributed by atoms with E-state index >= 15 is 0 Å². The van der Waals surface area contributed by atoms with Crippen molar-refractivity contribution in [3.8, 4) is 11.5 Å². The van der Waals surface area contributed by atoms with E-state index in [0.29, 0.717) is 29.4 Å². The van der Waals surface area contributed by atoms with Crippen LogP contribution in [0.1, 0.15) is 51.7 Å². The molecule has 180 valence electrons. The first-order chi connectivity index (χ1) is 15.6. The quantitative estimate of drug-likeness (QED) is 0.525. The van der Waals surface area contributed by atoms with Crippen LogP contribution in [0.2, 0.25) is 5.02 Å². The van der Waals surface area contributed by atoms with Gasteiger partial charge < -0.3 is 19.7 Å². The summed E-state index contributed by atoms with van der Waals surface area (Å²) in [4.78, 5) is 28.1. The van der Waals surface area contributed by atoms with Crippen molar-refractivity contribution < 1.29 is 19.1 Å². The Kier molecular flexibility index (Phi) is 9.59. The molecule has 2 amide bonds. The molecule has 0 radical (unpaired) electrons. The van der Waals surface area contributed by atoms with Crippen molar-refractivity contribution in [1.29, 1.82) is 0 Å². The van der Waals surface area contributed by atoms with Gasteiger partial charge in [0.25, 0.3) is 0 Å². The minimum atomic E-state index is -0.599. The summed E-state index contributed by atoms with van der Waals surface area (Å²) < 4.78 is 10.7. The average molecular weight is 475 g/mol. The number of rotatable bonds is 10. The van der Waals surface area contributed by atoms with E-state index in [4.69, 9.17) is 21.1 Å². The first-order valence-electron chi connectivity index (χ1n) is 11.2. The molecule has 0 unspecified atom stereocenters. The fraction of sp³-hybridized carbons (Fsp3) is 0.462. The zero-order valence-electron chi connectivity index (χ0n) is 20.4. The minimum Gasteiger partial charge on any atom is -0.493 e. The second-order valence-corrected chi connectivity index (χ2v) is 9.37. The number of ether oxygens (including phenoxy) is 2. The molecule has 0 aliphatic heterocycles. The van der Waals surface area contributed by atoms with Crippen molar-refractivity contribution in [3.05, 3.63) is 58.6 Å². The highest BCUT2D eigenvalue weighted by Gasteiger charge is 2.30. The highest BCUT2D eigenvalue weighted by Crippen LogP contribution is 2.28. The lowest BCUT2D eigenvalue weighted by Gasteiger charge is -2.33. The molecule has 0 saturated carbocycles. The SMILES string of the molecule is CC[C@@H](C(=O)NC(C)(C)C)N(Cc1ccccc1Cl)C(=O)CCc1ccc(OC)c(OC)c1. The van der Waals surface area contributed by atoms with Crippen molar-refractivity contribution in [1.82, 2.24) is 10.2 Å². The maximum absolute atomic E-state index is 13.4. The third-order valence-corrected chi connectivity index (χ3v) is 5.63. The molecule has 2 aromatic carbocycles. The van der Waals surface area contributed by atoms with E-state index in [2.05, 4.69) is 5.32 Å². The van der Waals surface area contributed by atoms with Crippen LogP contribution >= 0.6 is 11.6 Å². The van der Waals surface area contributed by atoms with Crippen molar-refractivity contribution in [2.24, 2.45) is 0 Å². The van der Waals surface area contributed by atoms with E-state index in [-0.39, 0.29) is 24.8 Å². The van der Waals surface area contributed by atoms with Crippen LogP contribution in [0.25, 0.3) is 0 Å². The molecule has 0 bridgehead atoms. The molecule has 33 heavy (non-hydrogen) atoms. The van der Waals surface area contributed by atoms with Gasteiger partial charge in [0.15, 0.2) is 11.5 Å². The Hall–Kier alpha value is -2.73. The summed E-state index contributed by atoms with van der Waals surface area (Å²) in [6, 6.07) is 12.4. The number of aryl methyl sites for hydroxylation is 1. The number of amides is 2. The third kappa shape index (κ3) is 7.67. The highest BCUT2D eigenvalue weighted by molar-refractivity contribution is 6.31. The molecule has 0 aromatic heterocycles. The lowest BCUT2D eigenvalue weighted by atomic mass is 10.0. The van der Waals surface area contributed by atoms with Crippen LogP contribution in [-0.2, 0) is 22.6 Å². The maximum Gasteiger partial charge on any atom is 0.243 e. The molecular formula is C26H35ClN2O4. The van der Waals surface area contributed by atoms with Crippen LogP contribution in [0.5, 0.6) is 11.5 Å². The Bertz CT molecular complexity index is 956. The first kappa shape index (κ1) is 26.5. The monoisotopic (exact) mass is 474 g/mol. The predicted molar refractivity (Wildman–Crippen MR) is 132 cm³/mol. The predicted octanol–water partition coefficient (Wildman–Crippen LogP) is 5.01. The molecule has 7 heteroatoms. The smallest absolute Gasteiger partial charge is 0.243 e. The number of nitrogens with one attached hydrogen (secondary N) is 1. The molecule has 0 saturated heterocycles. The molecule has 0 spiro atoms. The van der Waals surface area contributed by atoms with Crippen LogP contribution in [0.3, 0.4) is 0 Å². The molecular weight excluding hydrogens is 440 g/mol. The lowest BCUT2D eigenvalue weighted by molar-refractivity contribution is -0.142. The van der Waals surface area contributed by atoms with Crippen LogP contribution in [0.4, 0.5) is 0 Å². The van der Waals surface area contributed by atoms with Gasteiger partial charge in [-0.3, -0.25) is 9.59 Å².